The highest BCUT2D eigenvalue weighted by molar-refractivity contribution is 9.10. The molecule has 2 N–H and O–H groups in total. The average molecular weight is 311 g/mol. The number of hydrogen-bond donors (Lipinski definition) is 1. The van der Waals surface area contributed by atoms with Gasteiger partial charge in [-0.05, 0) is 15.9 Å². The maximum atomic E-state index is 12.1. The van der Waals surface area contributed by atoms with Gasteiger partial charge < -0.3 is 10.2 Å². The summed E-state index contributed by atoms with van der Waals surface area (Å²) in [5.74, 6) is 0.442. The van der Waals surface area contributed by atoms with Gasteiger partial charge in [0.05, 0.1) is 6.54 Å². The van der Waals surface area contributed by atoms with Gasteiger partial charge in [0, 0.05) is 19.2 Å². The molecule has 1 aromatic heterocycles. The fourth-order valence-corrected chi connectivity index (χ4v) is 3.80. The third-order valence-electron chi connectivity index (χ3n) is 2.23. The SMILES string of the molecule is CCN(CC)S(=O)(=O)c1cc(CN)oc1Br. The smallest absolute Gasteiger partial charge is 0.247 e. The van der Waals surface area contributed by atoms with E-state index in [9.17, 15) is 8.42 Å². The van der Waals surface area contributed by atoms with Crippen LogP contribution >= 0.6 is 15.9 Å². The van der Waals surface area contributed by atoms with Crippen molar-refractivity contribution >= 4 is 26.0 Å². The molecular formula is C9H15BrN2O3S. The molecule has 0 saturated heterocycles. The second-order valence-corrected chi connectivity index (χ2v) is 5.77. The third kappa shape index (κ3) is 2.48. The standard InChI is InChI=1S/C9H15BrN2O3S/c1-3-12(4-2)16(13,14)8-5-7(6-11)15-9(8)10/h5H,3-4,6,11H2,1-2H3. The zero-order valence-corrected chi connectivity index (χ0v) is 11.6. The third-order valence-corrected chi connectivity index (χ3v) is 5.14. The molecule has 7 heteroatoms. The quantitative estimate of drug-likeness (QED) is 0.894. The number of hydrogen-bond acceptors (Lipinski definition) is 4. The zero-order chi connectivity index (χ0) is 12.3. The fourth-order valence-electron chi connectivity index (χ4n) is 1.38. The highest BCUT2D eigenvalue weighted by atomic mass is 79.9. The van der Waals surface area contributed by atoms with Crippen LogP contribution < -0.4 is 5.73 Å². The summed E-state index contributed by atoms with van der Waals surface area (Å²) in [6.45, 7) is 4.60. The van der Waals surface area contributed by atoms with Crippen molar-refractivity contribution in [3.63, 3.8) is 0 Å². The second-order valence-electron chi connectivity index (χ2n) is 3.14. The lowest BCUT2D eigenvalue weighted by molar-refractivity contribution is 0.440. The van der Waals surface area contributed by atoms with Crippen LogP contribution in [0.5, 0.6) is 0 Å². The van der Waals surface area contributed by atoms with E-state index < -0.39 is 10.0 Å². The summed E-state index contributed by atoms with van der Waals surface area (Å²) < 4.78 is 31.0. The number of halogens is 1. The molecule has 0 radical (unpaired) electrons. The first-order valence-electron chi connectivity index (χ1n) is 4.95. The van der Waals surface area contributed by atoms with Crippen LogP contribution in [0.2, 0.25) is 0 Å². The molecule has 16 heavy (non-hydrogen) atoms. The van der Waals surface area contributed by atoms with E-state index in [0.29, 0.717) is 18.8 Å². The Morgan fingerprint density at radius 1 is 1.44 bits per heavy atom. The molecule has 0 aliphatic carbocycles. The molecule has 1 heterocycles. The van der Waals surface area contributed by atoms with Crippen molar-refractivity contribution in [1.29, 1.82) is 0 Å². The summed E-state index contributed by atoms with van der Waals surface area (Å²) in [6, 6.07) is 1.46. The largest absolute Gasteiger partial charge is 0.452 e. The number of sulfonamides is 1. The normalized spacial score (nSPS) is 12.3. The number of nitrogens with two attached hydrogens (primary N) is 1. The van der Waals surface area contributed by atoms with Gasteiger partial charge in [0.25, 0.3) is 0 Å². The fraction of sp³-hybridized carbons (Fsp3) is 0.556. The lowest BCUT2D eigenvalue weighted by Gasteiger charge is -2.17. The Balaban J connectivity index is 3.21. The maximum Gasteiger partial charge on any atom is 0.247 e. The van der Waals surface area contributed by atoms with Crippen molar-refractivity contribution < 1.29 is 12.8 Å². The van der Waals surface area contributed by atoms with Crippen LogP contribution in [0.4, 0.5) is 0 Å². The summed E-state index contributed by atoms with van der Waals surface area (Å²) in [6.07, 6.45) is 0. The van der Waals surface area contributed by atoms with Crippen molar-refractivity contribution in [3.8, 4) is 0 Å². The van der Waals surface area contributed by atoms with Crippen LogP contribution in [-0.2, 0) is 16.6 Å². The summed E-state index contributed by atoms with van der Waals surface area (Å²) in [7, 11) is -3.48. The summed E-state index contributed by atoms with van der Waals surface area (Å²) in [5, 5.41) is 0. The Kier molecular flexibility index (Phi) is 4.54. The van der Waals surface area contributed by atoms with Gasteiger partial charge in [-0.15, -0.1) is 0 Å². The first kappa shape index (κ1) is 13.7. The highest BCUT2D eigenvalue weighted by Gasteiger charge is 2.27. The van der Waals surface area contributed by atoms with Gasteiger partial charge in [-0.2, -0.15) is 4.31 Å². The molecule has 0 aliphatic rings. The molecule has 1 rings (SSSR count). The monoisotopic (exact) mass is 310 g/mol. The predicted molar refractivity (Wildman–Crippen MR) is 64.4 cm³/mol. The van der Waals surface area contributed by atoms with E-state index in [2.05, 4.69) is 15.9 Å². The van der Waals surface area contributed by atoms with Gasteiger partial charge in [-0.25, -0.2) is 8.42 Å². The molecular weight excluding hydrogens is 296 g/mol. The van der Waals surface area contributed by atoms with E-state index in [1.807, 2.05) is 0 Å². The summed E-state index contributed by atoms with van der Waals surface area (Å²) >= 11 is 3.09. The molecule has 0 saturated carbocycles. The number of nitrogens with zero attached hydrogens (tertiary/aromatic N) is 1. The first-order chi connectivity index (χ1) is 7.47. The molecule has 0 amide bonds. The minimum absolute atomic E-state index is 0.136. The molecule has 0 aromatic carbocycles. The van der Waals surface area contributed by atoms with Crippen LogP contribution in [-0.4, -0.2) is 25.8 Å². The van der Waals surface area contributed by atoms with Gasteiger partial charge in [-0.1, -0.05) is 13.8 Å². The van der Waals surface area contributed by atoms with E-state index in [4.69, 9.17) is 10.2 Å². The van der Waals surface area contributed by atoms with Gasteiger partial charge in [0.1, 0.15) is 10.7 Å². The minimum Gasteiger partial charge on any atom is -0.452 e. The van der Waals surface area contributed by atoms with Gasteiger partial charge in [-0.3, -0.25) is 0 Å². The van der Waals surface area contributed by atoms with Crippen LogP contribution in [0.25, 0.3) is 0 Å². The van der Waals surface area contributed by atoms with Gasteiger partial charge in [0.15, 0.2) is 4.67 Å². The first-order valence-corrected chi connectivity index (χ1v) is 7.19. The Morgan fingerprint density at radius 2 is 2.00 bits per heavy atom. The Morgan fingerprint density at radius 3 is 2.38 bits per heavy atom. The van der Waals surface area contributed by atoms with Crippen LogP contribution in [0, 0.1) is 0 Å². The molecule has 0 aliphatic heterocycles. The van der Waals surface area contributed by atoms with E-state index in [1.54, 1.807) is 13.8 Å². The molecule has 0 unspecified atom stereocenters. The predicted octanol–water partition coefficient (Wildman–Crippen LogP) is 1.53. The van der Waals surface area contributed by atoms with E-state index in [0.717, 1.165) is 0 Å². The second kappa shape index (κ2) is 5.31. The van der Waals surface area contributed by atoms with Gasteiger partial charge in [0.2, 0.25) is 10.0 Å². The topological polar surface area (TPSA) is 76.5 Å². The van der Waals surface area contributed by atoms with Crippen molar-refractivity contribution in [3.05, 3.63) is 16.5 Å². The van der Waals surface area contributed by atoms with Crippen LogP contribution in [0.1, 0.15) is 19.6 Å². The van der Waals surface area contributed by atoms with Crippen LogP contribution in [0.15, 0.2) is 20.0 Å². The average Bonchev–Trinajstić information content (AvgIpc) is 2.61. The molecule has 0 atom stereocenters. The summed E-state index contributed by atoms with van der Waals surface area (Å²) in [5.41, 5.74) is 5.39. The van der Waals surface area contributed by atoms with Crippen molar-refractivity contribution in [1.82, 2.24) is 4.31 Å². The van der Waals surface area contributed by atoms with E-state index >= 15 is 0 Å². The van der Waals surface area contributed by atoms with E-state index in [-0.39, 0.29) is 16.1 Å². The Bertz CT molecular complexity index is 451. The van der Waals surface area contributed by atoms with Crippen LogP contribution in [0.3, 0.4) is 0 Å². The molecule has 0 spiro atoms. The van der Waals surface area contributed by atoms with Gasteiger partial charge >= 0.3 is 0 Å². The zero-order valence-electron chi connectivity index (χ0n) is 9.23. The highest BCUT2D eigenvalue weighted by Crippen LogP contribution is 2.28. The lowest BCUT2D eigenvalue weighted by Crippen LogP contribution is -2.30. The molecule has 5 nitrogen and oxygen atoms in total. The lowest BCUT2D eigenvalue weighted by atomic mass is 10.5. The Labute approximate surface area is 104 Å². The Hall–Kier alpha value is -0.370. The molecule has 1 aromatic rings. The molecule has 92 valence electrons. The van der Waals surface area contributed by atoms with E-state index in [1.165, 1.54) is 10.4 Å². The molecule has 0 bridgehead atoms. The summed E-state index contributed by atoms with van der Waals surface area (Å²) in [4.78, 5) is 0.136. The maximum absolute atomic E-state index is 12.1. The number of rotatable bonds is 5. The van der Waals surface area contributed by atoms with Crippen molar-refractivity contribution in [2.45, 2.75) is 25.3 Å². The number of furan rings is 1. The molecule has 0 fully saturated rings. The minimum atomic E-state index is -3.48. The van der Waals surface area contributed by atoms with Crippen molar-refractivity contribution in [2.75, 3.05) is 13.1 Å². The van der Waals surface area contributed by atoms with Crippen molar-refractivity contribution in [2.24, 2.45) is 5.73 Å².